The number of ketones is 2. The number of carbonyl (C=O) groups is 2. The molecule has 0 heterocycles. The van der Waals surface area contributed by atoms with Crippen LogP contribution in [0.4, 0.5) is 0 Å². The summed E-state index contributed by atoms with van der Waals surface area (Å²) in [5, 5.41) is 19.6. The van der Waals surface area contributed by atoms with Gasteiger partial charge in [-0.15, -0.1) is 0 Å². The zero-order valence-corrected chi connectivity index (χ0v) is 36.2. The number of Topliss-reactive ketones (excluding diaryl/α,β-unsaturated/α-hetero) is 2. The highest BCUT2D eigenvalue weighted by molar-refractivity contribution is 5.87. The summed E-state index contributed by atoms with van der Waals surface area (Å²) in [6.45, 7) is 17.7. The van der Waals surface area contributed by atoms with Gasteiger partial charge < -0.3 is 10.2 Å². The molecule has 0 aliphatic heterocycles. The molecule has 4 heteroatoms. The van der Waals surface area contributed by atoms with E-state index in [1.165, 1.54) is 119 Å². The third-order valence-electron chi connectivity index (χ3n) is 18.2. The average Bonchev–Trinajstić information content (AvgIpc) is 3.86. The van der Waals surface area contributed by atoms with Gasteiger partial charge in [0.25, 0.3) is 0 Å². The number of allylic oxidation sites excluding steroid dienone is 1. The van der Waals surface area contributed by atoms with Crippen molar-refractivity contribution in [3.63, 3.8) is 0 Å². The molecule has 0 spiro atoms. The Labute approximate surface area is 336 Å². The molecular formula is C51H80O4. The molecule has 9 rings (SSSR count). The van der Waals surface area contributed by atoms with Gasteiger partial charge >= 0.3 is 0 Å². The quantitative estimate of drug-likeness (QED) is 0.301. The van der Waals surface area contributed by atoms with Gasteiger partial charge in [0.15, 0.2) is 0 Å². The highest BCUT2D eigenvalue weighted by atomic mass is 16.3. The molecule has 55 heavy (non-hydrogen) atoms. The minimum atomic E-state index is 0.00722. The molecule has 1 aromatic carbocycles. The summed E-state index contributed by atoms with van der Waals surface area (Å²) in [4.78, 5) is 24.1. The first-order chi connectivity index (χ1) is 26.1. The smallest absolute Gasteiger partial charge is 0.139 e. The lowest BCUT2D eigenvalue weighted by molar-refractivity contribution is -0.130. The maximum absolute atomic E-state index is 12.5. The van der Waals surface area contributed by atoms with Crippen LogP contribution in [0, 0.1) is 65.1 Å². The van der Waals surface area contributed by atoms with E-state index in [0.29, 0.717) is 28.3 Å². The van der Waals surface area contributed by atoms with Crippen molar-refractivity contribution in [3.8, 4) is 0 Å². The Morgan fingerprint density at radius 2 is 1.22 bits per heavy atom. The molecule has 8 saturated carbocycles. The second-order valence-electron chi connectivity index (χ2n) is 21.1. The molecule has 308 valence electrons. The van der Waals surface area contributed by atoms with Crippen LogP contribution in [0.5, 0.6) is 0 Å². The maximum atomic E-state index is 12.5. The van der Waals surface area contributed by atoms with Gasteiger partial charge in [-0.1, -0.05) is 102 Å². The molecule has 11 atom stereocenters. The molecule has 4 nitrogen and oxygen atoms in total. The summed E-state index contributed by atoms with van der Waals surface area (Å²) in [5.74, 6) is 4.25. The van der Waals surface area contributed by atoms with E-state index in [2.05, 4.69) is 66.3 Å². The zero-order valence-electron chi connectivity index (χ0n) is 36.2. The lowest BCUT2D eigenvalue weighted by Gasteiger charge is -2.41. The van der Waals surface area contributed by atoms with E-state index in [1.54, 1.807) is 0 Å². The SMILES string of the molecule is C=C1CC[C@H]2[C@H](CCc3cc(C)ccc3C)C(=O)CC[C@]12C.C[C@@]12CCCC[C@H]1CC[C@H]2O.C[C@]12CCCC[C@@H]1CCC2=O.C[C@]12CCCC[C@@H]1CC[C@@H]2O. The third-order valence-corrected chi connectivity index (χ3v) is 18.2. The highest BCUT2D eigenvalue weighted by Crippen LogP contribution is 2.57. The molecule has 0 unspecified atom stereocenters. The van der Waals surface area contributed by atoms with Crippen LogP contribution in [-0.2, 0) is 16.0 Å². The van der Waals surface area contributed by atoms with Crippen molar-refractivity contribution < 1.29 is 19.8 Å². The molecule has 0 amide bonds. The number of hydrogen-bond acceptors (Lipinski definition) is 4. The normalized spacial score (nSPS) is 41.7. The van der Waals surface area contributed by atoms with E-state index < -0.39 is 0 Å². The van der Waals surface area contributed by atoms with Gasteiger partial charge in [0.1, 0.15) is 11.6 Å². The van der Waals surface area contributed by atoms with Gasteiger partial charge in [-0.25, -0.2) is 0 Å². The molecule has 0 aromatic heterocycles. The summed E-state index contributed by atoms with van der Waals surface area (Å²) in [5.41, 5.74) is 6.41. The summed E-state index contributed by atoms with van der Waals surface area (Å²) in [7, 11) is 0. The third kappa shape index (κ3) is 8.82. The minimum Gasteiger partial charge on any atom is -0.393 e. The second-order valence-corrected chi connectivity index (χ2v) is 21.1. The van der Waals surface area contributed by atoms with E-state index in [1.807, 2.05) is 0 Å². The second kappa shape index (κ2) is 17.6. The van der Waals surface area contributed by atoms with E-state index in [9.17, 15) is 19.8 Å². The van der Waals surface area contributed by atoms with Crippen LogP contribution in [-0.4, -0.2) is 34.0 Å². The predicted molar refractivity (Wildman–Crippen MR) is 227 cm³/mol. The first-order valence-corrected chi connectivity index (χ1v) is 23.3. The zero-order chi connectivity index (χ0) is 39.6. The van der Waals surface area contributed by atoms with Crippen molar-refractivity contribution in [2.24, 2.45) is 51.2 Å². The fourth-order valence-corrected chi connectivity index (χ4v) is 13.6. The summed E-state index contributed by atoms with van der Waals surface area (Å²) < 4.78 is 0. The molecule has 2 N–H and O–H groups in total. The number of benzene rings is 1. The lowest BCUT2D eigenvalue weighted by atomic mass is 9.62. The van der Waals surface area contributed by atoms with Crippen molar-refractivity contribution in [1.82, 2.24) is 0 Å². The van der Waals surface area contributed by atoms with Crippen molar-refractivity contribution >= 4 is 11.6 Å². The Morgan fingerprint density at radius 3 is 1.80 bits per heavy atom. The van der Waals surface area contributed by atoms with Crippen molar-refractivity contribution in [2.75, 3.05) is 0 Å². The largest absolute Gasteiger partial charge is 0.393 e. The van der Waals surface area contributed by atoms with Crippen LogP contribution < -0.4 is 0 Å². The maximum Gasteiger partial charge on any atom is 0.139 e. The van der Waals surface area contributed by atoms with Crippen LogP contribution in [0.25, 0.3) is 0 Å². The number of fused-ring (bicyclic) bond motifs is 4. The molecule has 0 radical (unpaired) electrons. The lowest BCUT2D eigenvalue weighted by Crippen LogP contribution is -2.39. The van der Waals surface area contributed by atoms with Crippen LogP contribution in [0.2, 0.25) is 0 Å². The summed E-state index contributed by atoms with van der Waals surface area (Å²) in [6.07, 6.45) is 28.7. The van der Waals surface area contributed by atoms with Gasteiger partial charge in [-0.2, -0.15) is 0 Å². The minimum absolute atomic E-state index is 0.00722. The van der Waals surface area contributed by atoms with Gasteiger partial charge in [0, 0.05) is 24.2 Å². The highest BCUT2D eigenvalue weighted by Gasteiger charge is 2.51. The Hall–Kier alpha value is -1.78. The Balaban J connectivity index is 0.000000132. The standard InChI is InChI=1S/C21H28O.2C10H18O.C10H16O/c1-14-5-6-15(2)17(13-14)8-9-18-19-10-7-16(3)21(19,4)12-11-20(18)22;3*1-10-7-3-2-4-8(10)5-6-9(10)11/h5-6,13,18-19H,3,7-12H2,1-2,4H3;2*8-9,11H,2-7H2,1H3;8H,2-7H2,1H3/t18-,19-,21+;2*8-,9+,10+;8-,10+/m0101/s1. The van der Waals surface area contributed by atoms with Gasteiger partial charge in [0.05, 0.1) is 12.2 Å². The molecule has 0 saturated heterocycles. The Morgan fingerprint density at radius 1 is 0.636 bits per heavy atom. The number of carbonyl (C=O) groups excluding carboxylic acids is 2. The van der Waals surface area contributed by atoms with Crippen molar-refractivity contribution in [2.45, 2.75) is 208 Å². The van der Waals surface area contributed by atoms with Gasteiger partial charge in [-0.3, -0.25) is 9.59 Å². The molecule has 8 aliphatic rings. The number of aliphatic hydroxyl groups excluding tert-OH is 2. The van der Waals surface area contributed by atoms with Crippen LogP contribution in [0.1, 0.15) is 192 Å². The molecule has 1 aromatic rings. The first-order valence-electron chi connectivity index (χ1n) is 23.3. The van der Waals surface area contributed by atoms with Crippen LogP contribution in [0.15, 0.2) is 30.4 Å². The summed E-state index contributed by atoms with van der Waals surface area (Å²) >= 11 is 0. The van der Waals surface area contributed by atoms with Crippen LogP contribution in [0.3, 0.4) is 0 Å². The average molecular weight is 757 g/mol. The first kappa shape index (κ1) is 42.8. The fourth-order valence-electron chi connectivity index (χ4n) is 13.6. The van der Waals surface area contributed by atoms with E-state index in [4.69, 9.17) is 0 Å². The number of aryl methyl sites for hydroxylation is 3. The monoisotopic (exact) mass is 757 g/mol. The van der Waals surface area contributed by atoms with Gasteiger partial charge in [0.2, 0.25) is 0 Å². The number of hydrogen-bond donors (Lipinski definition) is 2. The van der Waals surface area contributed by atoms with E-state index >= 15 is 0 Å². The van der Waals surface area contributed by atoms with Crippen LogP contribution >= 0.6 is 0 Å². The molecule has 8 fully saturated rings. The topological polar surface area (TPSA) is 74.6 Å². The van der Waals surface area contributed by atoms with E-state index in [0.717, 1.165) is 75.5 Å². The molecular weight excluding hydrogens is 677 g/mol. The predicted octanol–water partition coefficient (Wildman–Crippen LogP) is 12.4. The van der Waals surface area contributed by atoms with Crippen molar-refractivity contribution in [1.29, 1.82) is 0 Å². The molecule has 8 aliphatic carbocycles. The Kier molecular flexibility index (Phi) is 13.7. The fraction of sp³-hybridized carbons (Fsp3) is 0.804. The van der Waals surface area contributed by atoms with Crippen molar-refractivity contribution in [3.05, 3.63) is 47.0 Å². The van der Waals surface area contributed by atoms with Gasteiger partial charge in [-0.05, 0) is 168 Å². The summed E-state index contributed by atoms with van der Waals surface area (Å²) in [6, 6.07) is 6.66. The Bertz CT molecular complexity index is 1470. The number of aliphatic hydroxyl groups is 2. The molecule has 0 bridgehead atoms. The van der Waals surface area contributed by atoms with E-state index in [-0.39, 0.29) is 29.0 Å². The number of rotatable bonds is 3.